The lowest BCUT2D eigenvalue weighted by Crippen LogP contribution is -2.02. The number of aryl methyl sites for hydroxylation is 2. The zero-order valence-electron chi connectivity index (χ0n) is 15.3. The summed E-state index contributed by atoms with van der Waals surface area (Å²) in [5.74, 6) is 2.59. The molecule has 26 heavy (non-hydrogen) atoms. The Labute approximate surface area is 153 Å². The Morgan fingerprint density at radius 3 is 2.46 bits per heavy atom. The number of aromatic nitrogens is 2. The van der Waals surface area contributed by atoms with Crippen molar-refractivity contribution in [3.63, 3.8) is 0 Å². The molecule has 1 aromatic heterocycles. The molecule has 0 aliphatic carbocycles. The van der Waals surface area contributed by atoms with Crippen molar-refractivity contribution >= 4 is 23.1 Å². The number of methoxy groups -OCH3 is 2. The summed E-state index contributed by atoms with van der Waals surface area (Å²) >= 11 is 0. The van der Waals surface area contributed by atoms with Crippen LogP contribution in [0.15, 0.2) is 48.7 Å². The fraction of sp³-hybridized carbons (Fsp3) is 0.200. The molecular formula is C20H22N4O2. The number of nitrogens with zero attached hydrogens (tertiary/aromatic N) is 2. The van der Waals surface area contributed by atoms with Crippen LogP contribution in [0.3, 0.4) is 0 Å². The van der Waals surface area contributed by atoms with Crippen LogP contribution in [0.25, 0.3) is 0 Å². The van der Waals surface area contributed by atoms with Gasteiger partial charge >= 0.3 is 0 Å². The van der Waals surface area contributed by atoms with Gasteiger partial charge in [0.1, 0.15) is 17.3 Å². The number of benzene rings is 2. The third-order valence-electron chi connectivity index (χ3n) is 3.97. The van der Waals surface area contributed by atoms with Gasteiger partial charge in [-0.15, -0.1) is 0 Å². The van der Waals surface area contributed by atoms with Crippen LogP contribution in [0, 0.1) is 13.8 Å². The van der Waals surface area contributed by atoms with E-state index >= 15 is 0 Å². The average molecular weight is 350 g/mol. The van der Waals surface area contributed by atoms with E-state index in [9.17, 15) is 0 Å². The topological polar surface area (TPSA) is 68.3 Å². The van der Waals surface area contributed by atoms with Crippen molar-refractivity contribution in [1.29, 1.82) is 0 Å². The van der Waals surface area contributed by atoms with Crippen molar-refractivity contribution in [2.24, 2.45) is 0 Å². The zero-order valence-corrected chi connectivity index (χ0v) is 15.3. The van der Waals surface area contributed by atoms with Crippen molar-refractivity contribution in [3.05, 3.63) is 59.8 Å². The molecular weight excluding hydrogens is 328 g/mol. The molecule has 0 spiro atoms. The summed E-state index contributed by atoms with van der Waals surface area (Å²) in [6.07, 6.45) is 1.71. The highest BCUT2D eigenvalue weighted by molar-refractivity contribution is 5.67. The number of anilines is 4. The first-order valence-corrected chi connectivity index (χ1v) is 8.25. The first kappa shape index (κ1) is 17.5. The van der Waals surface area contributed by atoms with Crippen molar-refractivity contribution in [3.8, 4) is 11.5 Å². The van der Waals surface area contributed by atoms with Gasteiger partial charge in [0.2, 0.25) is 5.95 Å². The van der Waals surface area contributed by atoms with Crippen LogP contribution >= 0.6 is 0 Å². The van der Waals surface area contributed by atoms with Crippen LogP contribution < -0.4 is 20.1 Å². The molecule has 134 valence electrons. The van der Waals surface area contributed by atoms with Crippen LogP contribution in [-0.2, 0) is 0 Å². The molecule has 1 heterocycles. The molecule has 3 aromatic rings. The summed E-state index contributed by atoms with van der Waals surface area (Å²) in [6.45, 7) is 4.10. The summed E-state index contributed by atoms with van der Waals surface area (Å²) in [6, 6.07) is 13.6. The molecule has 0 unspecified atom stereocenters. The lowest BCUT2D eigenvalue weighted by atomic mass is 10.1. The molecule has 0 aliphatic rings. The Morgan fingerprint density at radius 2 is 1.69 bits per heavy atom. The predicted octanol–water partition coefficient (Wildman–Crippen LogP) is 4.60. The van der Waals surface area contributed by atoms with E-state index in [1.165, 1.54) is 5.56 Å². The fourth-order valence-corrected chi connectivity index (χ4v) is 2.52. The zero-order chi connectivity index (χ0) is 18.5. The van der Waals surface area contributed by atoms with Gasteiger partial charge in [-0.3, -0.25) is 0 Å². The first-order chi connectivity index (χ1) is 12.6. The van der Waals surface area contributed by atoms with E-state index in [0.29, 0.717) is 17.5 Å². The Hall–Kier alpha value is -3.28. The second kappa shape index (κ2) is 7.74. The number of hydrogen-bond acceptors (Lipinski definition) is 6. The number of nitrogens with one attached hydrogen (secondary N) is 2. The molecule has 3 rings (SSSR count). The van der Waals surface area contributed by atoms with E-state index in [2.05, 4.69) is 45.7 Å². The SMILES string of the molecule is COc1ccc(Nc2ccnc(Nc3cc(C)ccc3C)n2)c(OC)c1. The van der Waals surface area contributed by atoms with Crippen LogP contribution in [-0.4, -0.2) is 24.2 Å². The Balaban J connectivity index is 1.83. The molecule has 0 saturated carbocycles. The minimum Gasteiger partial charge on any atom is -0.497 e. The van der Waals surface area contributed by atoms with E-state index in [1.54, 1.807) is 26.5 Å². The fourth-order valence-electron chi connectivity index (χ4n) is 2.52. The van der Waals surface area contributed by atoms with Crippen molar-refractivity contribution < 1.29 is 9.47 Å². The van der Waals surface area contributed by atoms with Gasteiger partial charge < -0.3 is 20.1 Å². The van der Waals surface area contributed by atoms with Gasteiger partial charge in [0.05, 0.1) is 19.9 Å². The van der Waals surface area contributed by atoms with Crippen LogP contribution in [0.1, 0.15) is 11.1 Å². The number of ether oxygens (including phenoxy) is 2. The molecule has 0 radical (unpaired) electrons. The standard InChI is InChI=1S/C20H22N4O2/c1-13-5-6-14(2)17(11-13)23-20-21-10-9-19(24-20)22-16-8-7-15(25-3)12-18(16)26-4/h5-12H,1-4H3,(H2,21,22,23,24). The molecule has 0 fully saturated rings. The van der Waals surface area contributed by atoms with Gasteiger partial charge in [0.15, 0.2) is 0 Å². The first-order valence-electron chi connectivity index (χ1n) is 8.25. The normalized spacial score (nSPS) is 10.3. The Kier molecular flexibility index (Phi) is 5.22. The molecule has 0 bridgehead atoms. The quantitative estimate of drug-likeness (QED) is 0.677. The average Bonchev–Trinajstić information content (AvgIpc) is 2.65. The van der Waals surface area contributed by atoms with Crippen molar-refractivity contribution in [1.82, 2.24) is 9.97 Å². The van der Waals surface area contributed by atoms with Crippen molar-refractivity contribution in [2.45, 2.75) is 13.8 Å². The summed E-state index contributed by atoms with van der Waals surface area (Å²) in [4.78, 5) is 8.84. The second-order valence-corrected chi connectivity index (χ2v) is 5.90. The highest BCUT2D eigenvalue weighted by Gasteiger charge is 2.08. The van der Waals surface area contributed by atoms with Gasteiger partial charge in [0, 0.05) is 18.0 Å². The molecule has 6 heteroatoms. The van der Waals surface area contributed by atoms with Gasteiger partial charge in [-0.05, 0) is 49.2 Å². The molecule has 0 saturated heterocycles. The lowest BCUT2D eigenvalue weighted by molar-refractivity contribution is 0.395. The molecule has 0 amide bonds. The summed E-state index contributed by atoms with van der Waals surface area (Å²) in [5.41, 5.74) is 4.10. The highest BCUT2D eigenvalue weighted by Crippen LogP contribution is 2.31. The monoisotopic (exact) mass is 350 g/mol. The van der Waals surface area contributed by atoms with E-state index < -0.39 is 0 Å². The summed E-state index contributed by atoms with van der Waals surface area (Å²) in [5, 5.41) is 6.53. The van der Waals surface area contributed by atoms with E-state index in [0.717, 1.165) is 22.7 Å². The predicted molar refractivity (Wildman–Crippen MR) is 104 cm³/mol. The molecule has 6 nitrogen and oxygen atoms in total. The van der Waals surface area contributed by atoms with E-state index in [4.69, 9.17) is 9.47 Å². The van der Waals surface area contributed by atoms with Crippen LogP contribution in [0.4, 0.5) is 23.1 Å². The third kappa shape index (κ3) is 4.03. The largest absolute Gasteiger partial charge is 0.497 e. The molecule has 2 aromatic carbocycles. The van der Waals surface area contributed by atoms with E-state index in [-0.39, 0.29) is 0 Å². The molecule has 0 aliphatic heterocycles. The Morgan fingerprint density at radius 1 is 0.846 bits per heavy atom. The van der Waals surface area contributed by atoms with Gasteiger partial charge in [-0.2, -0.15) is 4.98 Å². The maximum absolute atomic E-state index is 5.41. The third-order valence-corrected chi connectivity index (χ3v) is 3.97. The maximum atomic E-state index is 5.41. The maximum Gasteiger partial charge on any atom is 0.229 e. The molecule has 0 atom stereocenters. The second-order valence-electron chi connectivity index (χ2n) is 5.90. The van der Waals surface area contributed by atoms with Crippen LogP contribution in [0.2, 0.25) is 0 Å². The summed E-state index contributed by atoms with van der Waals surface area (Å²) in [7, 11) is 3.24. The van der Waals surface area contributed by atoms with Gasteiger partial charge in [-0.25, -0.2) is 4.98 Å². The summed E-state index contributed by atoms with van der Waals surface area (Å²) < 4.78 is 10.6. The Bertz CT molecular complexity index is 912. The van der Waals surface area contributed by atoms with Gasteiger partial charge in [0.25, 0.3) is 0 Å². The minimum absolute atomic E-state index is 0.524. The number of hydrogen-bond donors (Lipinski definition) is 2. The van der Waals surface area contributed by atoms with E-state index in [1.807, 2.05) is 25.1 Å². The molecule has 2 N–H and O–H groups in total. The smallest absolute Gasteiger partial charge is 0.229 e. The number of rotatable bonds is 6. The lowest BCUT2D eigenvalue weighted by Gasteiger charge is -2.13. The van der Waals surface area contributed by atoms with Gasteiger partial charge in [-0.1, -0.05) is 12.1 Å². The van der Waals surface area contributed by atoms with Crippen molar-refractivity contribution in [2.75, 3.05) is 24.9 Å². The van der Waals surface area contributed by atoms with Crippen LogP contribution in [0.5, 0.6) is 11.5 Å². The minimum atomic E-state index is 0.524. The highest BCUT2D eigenvalue weighted by atomic mass is 16.5.